The Labute approximate surface area is 168 Å². The molecule has 0 unspecified atom stereocenters. The first-order valence-electron chi connectivity index (χ1n) is 9.67. The Kier molecular flexibility index (Phi) is 7.24. The van der Waals surface area contributed by atoms with Crippen molar-refractivity contribution in [2.24, 2.45) is 11.8 Å². The van der Waals surface area contributed by atoms with Gasteiger partial charge >= 0.3 is 0 Å². The molecule has 0 bridgehead atoms. The first-order valence-corrected chi connectivity index (χ1v) is 11.1. The molecular formula is C22H30N2O3S. The lowest BCUT2D eigenvalue weighted by Gasteiger charge is -2.26. The predicted molar refractivity (Wildman–Crippen MR) is 114 cm³/mol. The Balaban J connectivity index is 2.24. The van der Waals surface area contributed by atoms with Gasteiger partial charge in [-0.15, -0.1) is 0 Å². The molecule has 2 aromatic carbocycles. The summed E-state index contributed by atoms with van der Waals surface area (Å²) in [5, 5.41) is 3.08. The molecule has 0 aromatic heterocycles. The molecule has 0 fully saturated rings. The molecule has 0 saturated heterocycles. The molecule has 0 aliphatic rings. The van der Waals surface area contributed by atoms with Crippen molar-refractivity contribution >= 4 is 21.6 Å². The minimum Gasteiger partial charge on any atom is -0.349 e. The molecule has 0 aliphatic carbocycles. The van der Waals surface area contributed by atoms with Crippen LogP contribution in [0.25, 0.3) is 0 Å². The fourth-order valence-electron chi connectivity index (χ4n) is 3.33. The normalized spacial score (nSPS) is 11.9. The zero-order valence-electron chi connectivity index (χ0n) is 17.2. The number of nitrogens with zero attached hydrogens (tertiary/aromatic N) is 1. The maximum Gasteiger partial charge on any atom is 0.264 e. The lowest BCUT2D eigenvalue weighted by molar-refractivity contribution is 0.0910. The first-order chi connectivity index (χ1) is 13.2. The molecule has 2 aromatic rings. The summed E-state index contributed by atoms with van der Waals surface area (Å²) in [5.41, 5.74) is 1.05. The van der Waals surface area contributed by atoms with Gasteiger partial charge in [0.1, 0.15) is 0 Å². The van der Waals surface area contributed by atoms with Crippen molar-refractivity contribution in [3.63, 3.8) is 0 Å². The largest absolute Gasteiger partial charge is 0.349 e. The quantitative estimate of drug-likeness (QED) is 0.715. The zero-order valence-corrected chi connectivity index (χ0v) is 18.0. The van der Waals surface area contributed by atoms with Crippen LogP contribution in [0.15, 0.2) is 59.5 Å². The number of hydrogen-bond acceptors (Lipinski definition) is 3. The molecular weight excluding hydrogens is 372 g/mol. The van der Waals surface area contributed by atoms with Crippen LogP contribution in [0.1, 0.15) is 45.0 Å². The summed E-state index contributed by atoms with van der Waals surface area (Å²) in [5.74, 6) is 0.512. The van der Waals surface area contributed by atoms with E-state index < -0.39 is 10.0 Å². The van der Waals surface area contributed by atoms with Crippen LogP contribution in [0.3, 0.4) is 0 Å². The van der Waals surface area contributed by atoms with Gasteiger partial charge in [0.2, 0.25) is 0 Å². The first kappa shape index (κ1) is 22.0. The average Bonchev–Trinajstić information content (AvgIpc) is 2.67. The SMILES string of the molecule is CCN(c1ccc(C(=O)NC(C(C)C)C(C)C)cc1)S(=O)(=O)c1ccccc1. The highest BCUT2D eigenvalue weighted by molar-refractivity contribution is 7.92. The van der Waals surface area contributed by atoms with Gasteiger partial charge in [-0.2, -0.15) is 0 Å². The highest BCUT2D eigenvalue weighted by Crippen LogP contribution is 2.24. The Bertz CT molecular complexity index is 868. The third kappa shape index (κ3) is 4.93. The summed E-state index contributed by atoms with van der Waals surface area (Å²) in [7, 11) is -3.65. The highest BCUT2D eigenvalue weighted by Gasteiger charge is 2.24. The van der Waals surface area contributed by atoms with Crippen molar-refractivity contribution in [2.75, 3.05) is 10.8 Å². The van der Waals surface area contributed by atoms with Gasteiger partial charge in [0.15, 0.2) is 0 Å². The van der Waals surface area contributed by atoms with E-state index in [4.69, 9.17) is 0 Å². The zero-order chi connectivity index (χ0) is 20.9. The maximum absolute atomic E-state index is 12.9. The van der Waals surface area contributed by atoms with Gasteiger partial charge in [-0.25, -0.2) is 8.42 Å². The Hall–Kier alpha value is -2.34. The lowest BCUT2D eigenvalue weighted by Crippen LogP contribution is -2.42. The average molecular weight is 403 g/mol. The number of amides is 1. The molecule has 0 aliphatic heterocycles. The number of sulfonamides is 1. The fraction of sp³-hybridized carbons (Fsp3) is 0.409. The van der Waals surface area contributed by atoms with E-state index >= 15 is 0 Å². The number of carbonyl (C=O) groups excluding carboxylic acids is 1. The van der Waals surface area contributed by atoms with Crippen LogP contribution < -0.4 is 9.62 Å². The smallest absolute Gasteiger partial charge is 0.264 e. The van der Waals surface area contributed by atoms with Crippen molar-refractivity contribution < 1.29 is 13.2 Å². The third-order valence-corrected chi connectivity index (χ3v) is 6.69. The van der Waals surface area contributed by atoms with Crippen LogP contribution in [0.4, 0.5) is 5.69 Å². The third-order valence-electron chi connectivity index (χ3n) is 4.77. The summed E-state index contributed by atoms with van der Waals surface area (Å²) >= 11 is 0. The topological polar surface area (TPSA) is 66.5 Å². The van der Waals surface area contributed by atoms with Crippen molar-refractivity contribution in [3.05, 3.63) is 60.2 Å². The van der Waals surface area contributed by atoms with Crippen LogP contribution in [0.5, 0.6) is 0 Å². The summed E-state index contributed by atoms with van der Waals surface area (Å²) in [6, 6.07) is 15.1. The van der Waals surface area contributed by atoms with Gasteiger partial charge in [0.05, 0.1) is 10.6 Å². The second-order valence-corrected chi connectivity index (χ2v) is 9.38. The van der Waals surface area contributed by atoms with E-state index in [-0.39, 0.29) is 16.8 Å². The predicted octanol–water partition coefficient (Wildman–Crippen LogP) is 4.31. The Morgan fingerprint density at radius 2 is 1.46 bits per heavy atom. The summed E-state index contributed by atoms with van der Waals surface area (Å²) in [6.45, 7) is 10.4. The van der Waals surface area contributed by atoms with Gasteiger partial charge in [-0.1, -0.05) is 45.9 Å². The standard InChI is InChI=1S/C22H30N2O3S/c1-6-24(28(26,27)20-10-8-7-9-11-20)19-14-12-18(13-15-19)22(25)23-21(16(2)3)17(4)5/h7-17,21H,6H2,1-5H3,(H,23,25). The Morgan fingerprint density at radius 1 is 0.929 bits per heavy atom. The Morgan fingerprint density at radius 3 is 1.93 bits per heavy atom. The minimum absolute atomic E-state index is 0.0813. The van der Waals surface area contributed by atoms with E-state index in [0.29, 0.717) is 29.6 Å². The molecule has 1 N–H and O–H groups in total. The number of benzene rings is 2. The number of rotatable bonds is 8. The maximum atomic E-state index is 12.9. The monoisotopic (exact) mass is 402 g/mol. The molecule has 0 radical (unpaired) electrons. The van der Waals surface area contributed by atoms with Gasteiger partial charge in [-0.3, -0.25) is 9.10 Å². The molecule has 0 atom stereocenters. The van der Waals surface area contributed by atoms with Crippen LogP contribution in [-0.4, -0.2) is 26.9 Å². The van der Waals surface area contributed by atoms with E-state index in [1.807, 2.05) is 0 Å². The molecule has 0 heterocycles. The van der Waals surface area contributed by atoms with Crippen molar-refractivity contribution in [2.45, 2.75) is 45.6 Å². The van der Waals surface area contributed by atoms with Gasteiger partial charge in [-0.05, 0) is 55.2 Å². The molecule has 152 valence electrons. The number of nitrogens with one attached hydrogen (secondary N) is 1. The number of carbonyl (C=O) groups is 1. The van der Waals surface area contributed by atoms with Crippen molar-refractivity contribution in [3.8, 4) is 0 Å². The number of hydrogen-bond donors (Lipinski definition) is 1. The van der Waals surface area contributed by atoms with Crippen LogP contribution >= 0.6 is 0 Å². The summed E-state index contributed by atoms with van der Waals surface area (Å²) in [4.78, 5) is 12.8. The number of anilines is 1. The molecule has 1 amide bonds. The van der Waals surface area contributed by atoms with Gasteiger partial charge in [0, 0.05) is 18.2 Å². The summed E-state index contributed by atoms with van der Waals surface area (Å²) in [6.07, 6.45) is 0. The van der Waals surface area contributed by atoms with Crippen molar-refractivity contribution in [1.82, 2.24) is 5.32 Å². The van der Waals surface area contributed by atoms with Crippen molar-refractivity contribution in [1.29, 1.82) is 0 Å². The summed E-state index contributed by atoms with van der Waals surface area (Å²) < 4.78 is 27.2. The van der Waals surface area contributed by atoms with E-state index in [2.05, 4.69) is 33.0 Å². The van der Waals surface area contributed by atoms with Crippen LogP contribution in [-0.2, 0) is 10.0 Å². The molecule has 6 heteroatoms. The van der Waals surface area contributed by atoms with Crippen LogP contribution in [0, 0.1) is 11.8 Å². The van der Waals surface area contributed by atoms with E-state index in [1.165, 1.54) is 4.31 Å². The second-order valence-electron chi connectivity index (χ2n) is 7.52. The molecule has 28 heavy (non-hydrogen) atoms. The molecule has 5 nitrogen and oxygen atoms in total. The van der Waals surface area contributed by atoms with E-state index in [0.717, 1.165) is 0 Å². The second kappa shape index (κ2) is 9.24. The van der Waals surface area contributed by atoms with E-state index in [1.54, 1.807) is 61.5 Å². The van der Waals surface area contributed by atoms with Crippen LogP contribution in [0.2, 0.25) is 0 Å². The molecule has 0 spiro atoms. The molecule has 2 rings (SSSR count). The van der Waals surface area contributed by atoms with Gasteiger partial charge in [0.25, 0.3) is 15.9 Å². The van der Waals surface area contributed by atoms with Gasteiger partial charge < -0.3 is 5.32 Å². The minimum atomic E-state index is -3.65. The van der Waals surface area contributed by atoms with E-state index in [9.17, 15) is 13.2 Å². The lowest BCUT2D eigenvalue weighted by atomic mass is 9.93. The highest BCUT2D eigenvalue weighted by atomic mass is 32.2. The fourth-order valence-corrected chi connectivity index (χ4v) is 4.82. The molecule has 0 saturated carbocycles.